The predicted octanol–water partition coefficient (Wildman–Crippen LogP) is -0.957. The maximum atomic E-state index is 11.5. The Balaban J connectivity index is 2.09. The van der Waals surface area contributed by atoms with E-state index in [1.165, 1.54) is 0 Å². The van der Waals surface area contributed by atoms with Crippen LogP contribution in [0, 0.1) is 0 Å². The minimum absolute atomic E-state index is 0.194. The Morgan fingerprint density at radius 3 is 2.78 bits per heavy atom. The van der Waals surface area contributed by atoms with E-state index < -0.39 is 24.0 Å². The number of unbranched alkanes of at least 4 members (excludes halogenated alkanes) is 1. The zero-order valence-electron chi connectivity index (χ0n) is 10.1. The number of nitrogens with two attached hydrogens (primary N) is 1. The van der Waals surface area contributed by atoms with E-state index in [4.69, 9.17) is 15.6 Å². The van der Waals surface area contributed by atoms with Gasteiger partial charge in [0.1, 0.15) is 6.04 Å². The van der Waals surface area contributed by atoms with Crippen molar-refractivity contribution >= 4 is 17.7 Å². The third kappa shape index (κ3) is 4.42. The second-order valence-electron chi connectivity index (χ2n) is 4.20. The molecule has 1 aliphatic rings. The summed E-state index contributed by atoms with van der Waals surface area (Å²) in [6.07, 6.45) is 0.905. The predicted molar refractivity (Wildman–Crippen MR) is 61.8 cm³/mol. The Morgan fingerprint density at radius 2 is 2.22 bits per heavy atom. The molecule has 0 aromatic rings. The number of aliphatic carboxylic acids is 1. The molecule has 18 heavy (non-hydrogen) atoms. The molecule has 7 heteroatoms. The molecule has 1 rings (SSSR count). The molecule has 7 nitrogen and oxygen atoms in total. The number of nitrogens with one attached hydrogen (secondary N) is 1. The van der Waals surface area contributed by atoms with Gasteiger partial charge in [0, 0.05) is 13.0 Å². The van der Waals surface area contributed by atoms with Crippen LogP contribution in [0.25, 0.3) is 0 Å². The molecular weight excluding hydrogens is 240 g/mol. The monoisotopic (exact) mass is 258 g/mol. The highest BCUT2D eigenvalue weighted by atomic mass is 16.5. The van der Waals surface area contributed by atoms with E-state index in [-0.39, 0.29) is 12.2 Å². The minimum Gasteiger partial charge on any atom is -0.480 e. The van der Waals surface area contributed by atoms with E-state index in [2.05, 4.69) is 5.32 Å². The number of hydrogen-bond acceptors (Lipinski definition) is 5. The lowest BCUT2D eigenvalue weighted by Gasteiger charge is -2.10. The number of carbonyl (C=O) groups is 3. The average Bonchev–Trinajstić information content (AvgIpc) is 2.74. The summed E-state index contributed by atoms with van der Waals surface area (Å²) in [5, 5.41) is 11.1. The first-order valence-corrected chi connectivity index (χ1v) is 5.93. The van der Waals surface area contributed by atoms with E-state index in [1.807, 2.05) is 0 Å². The molecule has 4 N–H and O–H groups in total. The van der Waals surface area contributed by atoms with Crippen LogP contribution in [0.2, 0.25) is 0 Å². The van der Waals surface area contributed by atoms with Crippen molar-refractivity contribution in [2.75, 3.05) is 13.2 Å². The van der Waals surface area contributed by atoms with Gasteiger partial charge in [0.05, 0.1) is 6.61 Å². The molecule has 0 spiro atoms. The molecular formula is C11H18N2O5. The number of rotatable bonds is 7. The third-order valence-electron chi connectivity index (χ3n) is 2.72. The van der Waals surface area contributed by atoms with Crippen LogP contribution in [0.3, 0.4) is 0 Å². The van der Waals surface area contributed by atoms with Crippen molar-refractivity contribution < 1.29 is 24.2 Å². The Kier molecular flexibility index (Phi) is 5.73. The van der Waals surface area contributed by atoms with Crippen molar-refractivity contribution in [2.24, 2.45) is 5.73 Å². The lowest BCUT2D eigenvalue weighted by atomic mass is 10.1. The van der Waals surface area contributed by atoms with Crippen molar-refractivity contribution in [3.05, 3.63) is 0 Å². The highest BCUT2D eigenvalue weighted by molar-refractivity contribution is 6.05. The standard InChI is InChI=1S/C11H18N2O5/c12-7(11(16)17)3-1-2-5-13-10(15)9-8(14)4-6-18-9/h7,9H,1-6,12H2,(H,13,15)(H,16,17)/t7-,9+/m0/s1. The number of ether oxygens (including phenoxy) is 1. The number of amides is 1. The summed E-state index contributed by atoms with van der Waals surface area (Å²) in [6, 6.07) is -0.861. The van der Waals surface area contributed by atoms with Gasteiger partial charge in [-0.05, 0) is 19.3 Å². The Labute approximate surface area is 105 Å². The molecule has 0 aliphatic carbocycles. The van der Waals surface area contributed by atoms with Crippen molar-refractivity contribution in [3.8, 4) is 0 Å². The molecule has 0 aromatic carbocycles. The second kappa shape index (κ2) is 7.07. The summed E-state index contributed by atoms with van der Waals surface area (Å²) in [4.78, 5) is 33.1. The molecule has 0 radical (unpaired) electrons. The maximum absolute atomic E-state index is 11.5. The highest BCUT2D eigenvalue weighted by Crippen LogP contribution is 2.08. The SMILES string of the molecule is N[C@@H](CCCCNC(=O)[C@@H]1OCCC1=O)C(=O)O. The zero-order chi connectivity index (χ0) is 13.5. The molecule has 1 heterocycles. The third-order valence-corrected chi connectivity index (χ3v) is 2.72. The van der Waals surface area contributed by atoms with E-state index in [9.17, 15) is 14.4 Å². The molecule has 0 aromatic heterocycles. The quantitative estimate of drug-likeness (QED) is 0.400. The topological polar surface area (TPSA) is 119 Å². The summed E-state index contributed by atoms with van der Waals surface area (Å²) in [5.41, 5.74) is 5.32. The molecule has 1 fully saturated rings. The molecule has 2 atom stereocenters. The number of carbonyl (C=O) groups excluding carboxylic acids is 2. The molecule has 1 aliphatic heterocycles. The minimum atomic E-state index is -1.02. The fourth-order valence-corrected chi connectivity index (χ4v) is 1.64. The number of Topliss-reactive ketones (excluding diaryl/α,β-unsaturated/α-hetero) is 1. The van der Waals surface area contributed by atoms with Crippen molar-refractivity contribution in [2.45, 2.75) is 37.8 Å². The van der Waals surface area contributed by atoms with Gasteiger partial charge in [0.2, 0.25) is 0 Å². The lowest BCUT2D eigenvalue weighted by Crippen LogP contribution is -2.38. The van der Waals surface area contributed by atoms with Crippen LogP contribution in [-0.2, 0) is 19.1 Å². The molecule has 0 saturated carbocycles. The smallest absolute Gasteiger partial charge is 0.320 e. The van der Waals surface area contributed by atoms with Gasteiger partial charge in [-0.15, -0.1) is 0 Å². The lowest BCUT2D eigenvalue weighted by molar-refractivity contribution is -0.139. The zero-order valence-corrected chi connectivity index (χ0v) is 10.1. The maximum Gasteiger partial charge on any atom is 0.320 e. The summed E-state index contributed by atoms with van der Waals surface area (Å²) in [7, 11) is 0. The van der Waals surface area contributed by atoms with E-state index >= 15 is 0 Å². The van der Waals surface area contributed by atoms with Gasteiger partial charge >= 0.3 is 5.97 Å². The molecule has 1 amide bonds. The van der Waals surface area contributed by atoms with Crippen LogP contribution in [-0.4, -0.2) is 48.1 Å². The van der Waals surface area contributed by atoms with Crippen LogP contribution in [0.4, 0.5) is 0 Å². The Morgan fingerprint density at radius 1 is 1.50 bits per heavy atom. The number of carboxylic acid groups (broad SMARTS) is 1. The van der Waals surface area contributed by atoms with Gasteiger partial charge < -0.3 is 20.9 Å². The second-order valence-corrected chi connectivity index (χ2v) is 4.20. The Hall–Kier alpha value is -1.47. The van der Waals surface area contributed by atoms with Crippen LogP contribution < -0.4 is 11.1 Å². The van der Waals surface area contributed by atoms with Gasteiger partial charge in [-0.25, -0.2) is 0 Å². The average molecular weight is 258 g/mol. The van der Waals surface area contributed by atoms with Crippen molar-refractivity contribution in [1.82, 2.24) is 5.32 Å². The largest absolute Gasteiger partial charge is 0.480 e. The summed E-state index contributed by atoms with van der Waals surface area (Å²) >= 11 is 0. The number of ketones is 1. The molecule has 1 saturated heterocycles. The highest BCUT2D eigenvalue weighted by Gasteiger charge is 2.31. The van der Waals surface area contributed by atoms with Gasteiger partial charge in [0.15, 0.2) is 11.9 Å². The van der Waals surface area contributed by atoms with Crippen LogP contribution >= 0.6 is 0 Å². The first-order chi connectivity index (χ1) is 8.52. The fraction of sp³-hybridized carbons (Fsp3) is 0.727. The van der Waals surface area contributed by atoms with Crippen molar-refractivity contribution in [1.29, 1.82) is 0 Å². The summed E-state index contributed by atoms with van der Waals surface area (Å²) < 4.78 is 4.99. The molecule has 0 bridgehead atoms. The first kappa shape index (κ1) is 14.6. The van der Waals surface area contributed by atoms with Crippen LogP contribution in [0.15, 0.2) is 0 Å². The van der Waals surface area contributed by atoms with E-state index in [1.54, 1.807) is 0 Å². The van der Waals surface area contributed by atoms with E-state index in [0.717, 1.165) is 0 Å². The van der Waals surface area contributed by atoms with E-state index in [0.29, 0.717) is 32.4 Å². The molecule has 0 unspecified atom stereocenters. The fourth-order valence-electron chi connectivity index (χ4n) is 1.64. The van der Waals surface area contributed by atoms with Crippen LogP contribution in [0.5, 0.6) is 0 Å². The van der Waals surface area contributed by atoms with Gasteiger partial charge in [-0.2, -0.15) is 0 Å². The van der Waals surface area contributed by atoms with Crippen molar-refractivity contribution in [3.63, 3.8) is 0 Å². The Bertz CT molecular complexity index is 331. The van der Waals surface area contributed by atoms with Gasteiger partial charge in [-0.1, -0.05) is 0 Å². The van der Waals surface area contributed by atoms with Gasteiger partial charge in [0.25, 0.3) is 5.91 Å². The van der Waals surface area contributed by atoms with Crippen LogP contribution in [0.1, 0.15) is 25.7 Å². The summed E-state index contributed by atoms with van der Waals surface area (Å²) in [6.45, 7) is 0.683. The summed E-state index contributed by atoms with van der Waals surface area (Å²) in [5.74, 6) is -1.63. The molecule has 102 valence electrons. The first-order valence-electron chi connectivity index (χ1n) is 5.93. The number of carboxylic acids is 1. The number of hydrogen-bond donors (Lipinski definition) is 3. The van der Waals surface area contributed by atoms with Gasteiger partial charge in [-0.3, -0.25) is 14.4 Å². The normalized spacial score (nSPS) is 20.7.